The number of hydrogen-bond donors (Lipinski definition) is 1. The maximum atomic E-state index is 12.2. The summed E-state index contributed by atoms with van der Waals surface area (Å²) in [7, 11) is 3.15. The standard InChI is InChI=1S/C20H24N2O4/c1-5-12-26-17-9-6-15(7-10-17)20(23)22-21-14(2)16-8-11-18(24-3)19(13-16)25-4/h6-11,13H,5,12H2,1-4H3,(H,22,23)/b21-14-. The van der Waals surface area contributed by atoms with Crippen LogP contribution in [0.5, 0.6) is 17.2 Å². The molecular weight excluding hydrogens is 332 g/mol. The molecule has 1 amide bonds. The number of methoxy groups -OCH3 is 2. The summed E-state index contributed by atoms with van der Waals surface area (Å²) in [6, 6.07) is 12.4. The smallest absolute Gasteiger partial charge is 0.271 e. The Morgan fingerprint density at radius 3 is 2.27 bits per heavy atom. The van der Waals surface area contributed by atoms with E-state index in [-0.39, 0.29) is 5.91 Å². The Hall–Kier alpha value is -3.02. The second-order valence-corrected chi connectivity index (χ2v) is 5.58. The van der Waals surface area contributed by atoms with Gasteiger partial charge >= 0.3 is 0 Å². The molecule has 0 heterocycles. The van der Waals surface area contributed by atoms with Crippen LogP contribution in [0.15, 0.2) is 47.6 Å². The summed E-state index contributed by atoms with van der Waals surface area (Å²) in [5.74, 6) is 1.70. The molecule has 0 aromatic heterocycles. The number of carbonyl (C=O) groups is 1. The number of nitrogens with zero attached hydrogens (tertiary/aromatic N) is 1. The lowest BCUT2D eigenvalue weighted by atomic mass is 10.1. The van der Waals surface area contributed by atoms with Gasteiger partial charge in [-0.15, -0.1) is 0 Å². The van der Waals surface area contributed by atoms with Gasteiger partial charge in [-0.05, 0) is 55.8 Å². The summed E-state index contributed by atoms with van der Waals surface area (Å²) in [5, 5.41) is 4.16. The Kier molecular flexibility index (Phi) is 7.02. The highest BCUT2D eigenvalue weighted by Crippen LogP contribution is 2.27. The van der Waals surface area contributed by atoms with Crippen molar-refractivity contribution < 1.29 is 19.0 Å². The van der Waals surface area contributed by atoms with Crippen molar-refractivity contribution in [3.63, 3.8) is 0 Å². The molecule has 0 bridgehead atoms. The highest BCUT2D eigenvalue weighted by atomic mass is 16.5. The number of hydrogen-bond acceptors (Lipinski definition) is 5. The first-order valence-electron chi connectivity index (χ1n) is 8.39. The topological polar surface area (TPSA) is 69.2 Å². The Labute approximate surface area is 153 Å². The first-order valence-corrected chi connectivity index (χ1v) is 8.39. The van der Waals surface area contributed by atoms with Crippen molar-refractivity contribution in [2.45, 2.75) is 20.3 Å². The molecule has 6 nitrogen and oxygen atoms in total. The van der Waals surface area contributed by atoms with Crippen LogP contribution in [0, 0.1) is 0 Å². The number of carbonyl (C=O) groups excluding carboxylic acids is 1. The van der Waals surface area contributed by atoms with Crippen molar-refractivity contribution in [2.75, 3.05) is 20.8 Å². The Morgan fingerprint density at radius 1 is 1.00 bits per heavy atom. The molecule has 0 saturated heterocycles. The zero-order valence-corrected chi connectivity index (χ0v) is 15.5. The SMILES string of the molecule is CCCOc1ccc(C(=O)N/N=C(/C)c2ccc(OC)c(OC)c2)cc1. The molecule has 0 aliphatic heterocycles. The van der Waals surface area contributed by atoms with Gasteiger partial charge in [0.1, 0.15) is 5.75 Å². The van der Waals surface area contributed by atoms with Gasteiger partial charge in [0.25, 0.3) is 5.91 Å². The minimum atomic E-state index is -0.285. The van der Waals surface area contributed by atoms with E-state index in [1.165, 1.54) is 0 Å². The van der Waals surface area contributed by atoms with Gasteiger partial charge in [0, 0.05) is 11.1 Å². The summed E-state index contributed by atoms with van der Waals surface area (Å²) < 4.78 is 16.0. The summed E-state index contributed by atoms with van der Waals surface area (Å²) in [6.45, 7) is 4.50. The van der Waals surface area contributed by atoms with E-state index < -0.39 is 0 Å². The summed E-state index contributed by atoms with van der Waals surface area (Å²) in [4.78, 5) is 12.2. The van der Waals surface area contributed by atoms with Crippen LogP contribution >= 0.6 is 0 Å². The van der Waals surface area contributed by atoms with E-state index in [1.807, 2.05) is 26.0 Å². The second kappa shape index (κ2) is 9.46. The van der Waals surface area contributed by atoms with Crippen LogP contribution < -0.4 is 19.6 Å². The molecule has 1 N–H and O–H groups in total. The Morgan fingerprint density at radius 2 is 1.65 bits per heavy atom. The van der Waals surface area contributed by atoms with Gasteiger partial charge in [-0.1, -0.05) is 6.92 Å². The van der Waals surface area contributed by atoms with E-state index in [9.17, 15) is 4.79 Å². The highest BCUT2D eigenvalue weighted by molar-refractivity contribution is 6.01. The van der Waals surface area contributed by atoms with Crippen molar-refractivity contribution >= 4 is 11.6 Å². The maximum absolute atomic E-state index is 12.2. The molecule has 0 fully saturated rings. The molecule has 0 atom stereocenters. The number of nitrogens with one attached hydrogen (secondary N) is 1. The molecule has 0 spiro atoms. The van der Waals surface area contributed by atoms with E-state index in [0.29, 0.717) is 29.4 Å². The molecular formula is C20H24N2O4. The second-order valence-electron chi connectivity index (χ2n) is 5.58. The van der Waals surface area contributed by atoms with E-state index in [0.717, 1.165) is 17.7 Å². The third-order valence-electron chi connectivity index (χ3n) is 3.72. The van der Waals surface area contributed by atoms with Gasteiger partial charge in [-0.2, -0.15) is 5.10 Å². The molecule has 2 rings (SSSR count). The molecule has 2 aromatic carbocycles. The van der Waals surface area contributed by atoms with Crippen molar-refractivity contribution in [1.29, 1.82) is 0 Å². The lowest BCUT2D eigenvalue weighted by Crippen LogP contribution is -2.19. The summed E-state index contributed by atoms with van der Waals surface area (Å²) in [6.07, 6.45) is 0.937. The molecule has 0 radical (unpaired) electrons. The van der Waals surface area contributed by atoms with Gasteiger partial charge < -0.3 is 14.2 Å². The lowest BCUT2D eigenvalue weighted by Gasteiger charge is -2.09. The zero-order valence-electron chi connectivity index (χ0n) is 15.5. The van der Waals surface area contributed by atoms with E-state index in [4.69, 9.17) is 14.2 Å². The molecule has 0 aliphatic carbocycles. The van der Waals surface area contributed by atoms with Gasteiger partial charge in [0.2, 0.25) is 0 Å². The first kappa shape index (κ1) is 19.3. The minimum Gasteiger partial charge on any atom is -0.494 e. The minimum absolute atomic E-state index is 0.285. The van der Waals surface area contributed by atoms with E-state index in [2.05, 4.69) is 10.5 Å². The van der Waals surface area contributed by atoms with Gasteiger partial charge in [0.15, 0.2) is 11.5 Å². The van der Waals surface area contributed by atoms with E-state index >= 15 is 0 Å². The number of rotatable bonds is 8. The van der Waals surface area contributed by atoms with Crippen molar-refractivity contribution in [2.24, 2.45) is 5.10 Å². The fourth-order valence-electron chi connectivity index (χ4n) is 2.25. The summed E-state index contributed by atoms with van der Waals surface area (Å²) in [5.41, 5.74) is 4.55. The van der Waals surface area contributed by atoms with Crippen LogP contribution in [0.2, 0.25) is 0 Å². The van der Waals surface area contributed by atoms with Gasteiger partial charge in [-0.25, -0.2) is 5.43 Å². The Bertz CT molecular complexity index is 770. The lowest BCUT2D eigenvalue weighted by molar-refractivity contribution is 0.0955. The van der Waals surface area contributed by atoms with Crippen molar-refractivity contribution in [3.05, 3.63) is 53.6 Å². The largest absolute Gasteiger partial charge is 0.494 e. The molecule has 6 heteroatoms. The molecule has 0 aliphatic rings. The van der Waals surface area contributed by atoms with Gasteiger partial charge in [0.05, 0.1) is 26.5 Å². The molecule has 26 heavy (non-hydrogen) atoms. The monoisotopic (exact) mass is 356 g/mol. The third-order valence-corrected chi connectivity index (χ3v) is 3.72. The van der Waals surface area contributed by atoms with E-state index in [1.54, 1.807) is 44.6 Å². The van der Waals surface area contributed by atoms with Crippen LogP contribution in [-0.2, 0) is 0 Å². The average Bonchev–Trinajstić information content (AvgIpc) is 2.69. The highest BCUT2D eigenvalue weighted by Gasteiger charge is 2.08. The quantitative estimate of drug-likeness (QED) is 0.579. The zero-order chi connectivity index (χ0) is 18.9. The average molecular weight is 356 g/mol. The van der Waals surface area contributed by atoms with Crippen molar-refractivity contribution in [1.82, 2.24) is 5.43 Å². The first-order chi connectivity index (χ1) is 12.6. The number of hydrazone groups is 1. The van der Waals surface area contributed by atoms with Crippen LogP contribution in [0.25, 0.3) is 0 Å². The van der Waals surface area contributed by atoms with Crippen LogP contribution in [-0.4, -0.2) is 32.4 Å². The predicted octanol–water partition coefficient (Wildman–Crippen LogP) is 3.65. The van der Waals surface area contributed by atoms with Crippen LogP contribution in [0.4, 0.5) is 0 Å². The maximum Gasteiger partial charge on any atom is 0.271 e. The van der Waals surface area contributed by atoms with Gasteiger partial charge in [-0.3, -0.25) is 4.79 Å². The fraction of sp³-hybridized carbons (Fsp3) is 0.300. The van der Waals surface area contributed by atoms with Crippen molar-refractivity contribution in [3.8, 4) is 17.2 Å². The molecule has 138 valence electrons. The fourth-order valence-corrected chi connectivity index (χ4v) is 2.25. The normalized spacial score (nSPS) is 11.0. The number of ether oxygens (including phenoxy) is 3. The predicted molar refractivity (Wildman–Crippen MR) is 101 cm³/mol. The third kappa shape index (κ3) is 4.99. The van der Waals surface area contributed by atoms with Crippen LogP contribution in [0.1, 0.15) is 36.2 Å². The molecule has 0 saturated carbocycles. The Balaban J connectivity index is 2.04. The summed E-state index contributed by atoms with van der Waals surface area (Å²) >= 11 is 0. The molecule has 2 aromatic rings. The number of benzene rings is 2. The number of amides is 1. The molecule has 0 unspecified atom stereocenters. The van der Waals surface area contributed by atoms with Crippen LogP contribution in [0.3, 0.4) is 0 Å².